The van der Waals surface area contributed by atoms with E-state index in [1.165, 1.54) is 0 Å². The van der Waals surface area contributed by atoms with E-state index in [0.717, 1.165) is 16.9 Å². The molecule has 142 valence electrons. The summed E-state index contributed by atoms with van der Waals surface area (Å²) in [5.41, 5.74) is 1.99. The Morgan fingerprint density at radius 3 is 2.59 bits per heavy atom. The molecule has 0 aliphatic carbocycles. The minimum atomic E-state index is 0. The molecule has 0 atom stereocenters. The Labute approximate surface area is 185 Å². The van der Waals surface area contributed by atoms with Crippen molar-refractivity contribution in [2.45, 2.75) is 13.1 Å². The number of pyridine rings is 1. The lowest BCUT2D eigenvalue weighted by molar-refractivity contribution is 0.805. The summed E-state index contributed by atoms with van der Waals surface area (Å²) >= 11 is 12.1. The zero-order valence-corrected chi connectivity index (χ0v) is 18.4. The van der Waals surface area contributed by atoms with Crippen LogP contribution in [-0.4, -0.2) is 27.5 Å². The van der Waals surface area contributed by atoms with Gasteiger partial charge in [-0.25, -0.2) is 9.97 Å². The number of benzene rings is 1. The standard InChI is InChI=1S/C18H18Cl2N6.HI/c1-21-18(25-11-14-3-4-15(19)8-16(14)20)24-10-13-2-5-17(23-9-13)26-7-6-22-12-26;/h2-9,12H,10-11H2,1H3,(H2,21,24,25);1H. The summed E-state index contributed by atoms with van der Waals surface area (Å²) in [5, 5.41) is 7.72. The molecule has 0 aliphatic rings. The molecule has 6 nitrogen and oxygen atoms in total. The molecular formula is C18H19Cl2IN6. The Morgan fingerprint density at radius 2 is 1.96 bits per heavy atom. The van der Waals surface area contributed by atoms with Crippen molar-refractivity contribution in [2.24, 2.45) is 4.99 Å². The number of nitrogens with zero attached hydrogens (tertiary/aromatic N) is 4. The van der Waals surface area contributed by atoms with E-state index in [1.807, 2.05) is 41.2 Å². The van der Waals surface area contributed by atoms with Crippen LogP contribution in [0.25, 0.3) is 5.82 Å². The van der Waals surface area contributed by atoms with Crippen LogP contribution in [0.3, 0.4) is 0 Å². The van der Waals surface area contributed by atoms with E-state index in [-0.39, 0.29) is 24.0 Å². The van der Waals surface area contributed by atoms with Gasteiger partial charge in [-0.3, -0.25) is 9.56 Å². The maximum Gasteiger partial charge on any atom is 0.191 e. The van der Waals surface area contributed by atoms with Gasteiger partial charge in [0.2, 0.25) is 0 Å². The van der Waals surface area contributed by atoms with Crippen molar-refractivity contribution in [3.8, 4) is 5.82 Å². The van der Waals surface area contributed by atoms with Crippen LogP contribution >= 0.6 is 47.2 Å². The molecule has 9 heteroatoms. The number of halogens is 3. The average Bonchev–Trinajstić information content (AvgIpc) is 3.18. The number of hydrogen-bond acceptors (Lipinski definition) is 3. The first-order chi connectivity index (χ1) is 12.7. The highest BCUT2D eigenvalue weighted by Crippen LogP contribution is 2.20. The molecule has 0 spiro atoms. The summed E-state index contributed by atoms with van der Waals surface area (Å²) in [6.45, 7) is 1.15. The second-order valence-corrected chi connectivity index (χ2v) is 6.35. The smallest absolute Gasteiger partial charge is 0.191 e. The lowest BCUT2D eigenvalue weighted by Gasteiger charge is -2.13. The van der Waals surface area contributed by atoms with Gasteiger partial charge in [0.1, 0.15) is 12.1 Å². The van der Waals surface area contributed by atoms with Gasteiger partial charge in [-0.1, -0.05) is 35.3 Å². The Kier molecular flexibility index (Phi) is 8.33. The van der Waals surface area contributed by atoms with Gasteiger partial charge in [0, 0.05) is 48.8 Å². The van der Waals surface area contributed by atoms with Crippen molar-refractivity contribution < 1.29 is 0 Å². The second kappa shape index (κ2) is 10.5. The van der Waals surface area contributed by atoms with E-state index < -0.39 is 0 Å². The number of rotatable bonds is 5. The van der Waals surface area contributed by atoms with Crippen LogP contribution in [0.4, 0.5) is 0 Å². The Balaban J connectivity index is 0.00000261. The van der Waals surface area contributed by atoms with Crippen molar-refractivity contribution in [3.05, 3.63) is 76.4 Å². The summed E-state index contributed by atoms with van der Waals surface area (Å²) in [5.74, 6) is 1.50. The topological polar surface area (TPSA) is 67.1 Å². The number of hydrogen-bond donors (Lipinski definition) is 2. The third kappa shape index (κ3) is 6.08. The number of aliphatic imine (C=N–C) groups is 1. The highest BCUT2D eigenvalue weighted by atomic mass is 127. The first-order valence-corrected chi connectivity index (χ1v) is 8.73. The minimum absolute atomic E-state index is 0. The molecular weight excluding hydrogens is 498 g/mol. The van der Waals surface area contributed by atoms with Crippen LogP contribution in [0.5, 0.6) is 0 Å². The van der Waals surface area contributed by atoms with E-state index in [2.05, 4.69) is 25.6 Å². The molecule has 1 aromatic carbocycles. The van der Waals surface area contributed by atoms with Crippen molar-refractivity contribution >= 4 is 53.1 Å². The quantitative estimate of drug-likeness (QED) is 0.305. The summed E-state index contributed by atoms with van der Waals surface area (Å²) in [6, 6.07) is 9.39. The van der Waals surface area contributed by atoms with Crippen LogP contribution in [-0.2, 0) is 13.1 Å². The Hall–Kier alpha value is -1.84. The van der Waals surface area contributed by atoms with E-state index in [4.69, 9.17) is 23.2 Å². The SMILES string of the molecule is CN=C(NCc1ccc(-n2ccnc2)nc1)NCc1ccc(Cl)cc1Cl.I. The van der Waals surface area contributed by atoms with Crippen LogP contribution in [0.2, 0.25) is 10.0 Å². The molecule has 3 rings (SSSR count). The van der Waals surface area contributed by atoms with Crippen LogP contribution in [0.15, 0.2) is 60.2 Å². The third-order valence-corrected chi connectivity index (χ3v) is 4.31. The summed E-state index contributed by atoms with van der Waals surface area (Å²) in [6.07, 6.45) is 7.12. The largest absolute Gasteiger partial charge is 0.352 e. The maximum atomic E-state index is 6.19. The molecule has 0 aliphatic heterocycles. The Bertz CT molecular complexity index is 881. The van der Waals surface area contributed by atoms with Crippen LogP contribution in [0.1, 0.15) is 11.1 Å². The fourth-order valence-electron chi connectivity index (χ4n) is 2.32. The summed E-state index contributed by atoms with van der Waals surface area (Å²) < 4.78 is 1.85. The summed E-state index contributed by atoms with van der Waals surface area (Å²) in [4.78, 5) is 12.7. The van der Waals surface area contributed by atoms with Gasteiger partial charge < -0.3 is 10.6 Å². The lowest BCUT2D eigenvalue weighted by atomic mass is 10.2. The predicted octanol–water partition coefficient (Wildman–Crippen LogP) is 4.06. The van der Waals surface area contributed by atoms with Gasteiger partial charge >= 0.3 is 0 Å². The first-order valence-electron chi connectivity index (χ1n) is 7.97. The number of imidazole rings is 1. The van der Waals surface area contributed by atoms with Gasteiger partial charge in [-0.05, 0) is 29.3 Å². The van der Waals surface area contributed by atoms with Gasteiger partial charge in [0.05, 0.1) is 0 Å². The molecule has 0 saturated carbocycles. The van der Waals surface area contributed by atoms with E-state index >= 15 is 0 Å². The lowest BCUT2D eigenvalue weighted by Crippen LogP contribution is -2.36. The van der Waals surface area contributed by atoms with E-state index in [9.17, 15) is 0 Å². The molecule has 0 bridgehead atoms. The fourth-order valence-corrected chi connectivity index (χ4v) is 2.79. The van der Waals surface area contributed by atoms with Gasteiger partial charge in [0.25, 0.3) is 0 Å². The number of nitrogens with one attached hydrogen (secondary N) is 2. The number of guanidine groups is 1. The van der Waals surface area contributed by atoms with Crippen LogP contribution in [0, 0.1) is 0 Å². The van der Waals surface area contributed by atoms with Crippen molar-refractivity contribution in [1.29, 1.82) is 0 Å². The first kappa shape index (κ1) is 21.5. The van der Waals surface area contributed by atoms with Crippen molar-refractivity contribution in [3.63, 3.8) is 0 Å². The molecule has 0 unspecified atom stereocenters. The maximum absolute atomic E-state index is 6.19. The summed E-state index contributed by atoms with van der Waals surface area (Å²) in [7, 11) is 1.72. The zero-order valence-electron chi connectivity index (χ0n) is 14.6. The molecule has 0 amide bonds. The normalized spacial score (nSPS) is 11.0. The number of aromatic nitrogens is 3. The molecule has 2 heterocycles. The highest BCUT2D eigenvalue weighted by molar-refractivity contribution is 14.0. The molecule has 0 fully saturated rings. The molecule has 0 radical (unpaired) electrons. The predicted molar refractivity (Wildman–Crippen MR) is 120 cm³/mol. The zero-order chi connectivity index (χ0) is 18.4. The second-order valence-electron chi connectivity index (χ2n) is 5.51. The molecule has 0 saturated heterocycles. The van der Waals surface area contributed by atoms with Gasteiger partial charge in [0.15, 0.2) is 5.96 Å². The van der Waals surface area contributed by atoms with Gasteiger partial charge in [-0.15, -0.1) is 24.0 Å². The molecule has 3 aromatic rings. The minimum Gasteiger partial charge on any atom is -0.352 e. The highest BCUT2D eigenvalue weighted by Gasteiger charge is 2.04. The molecule has 27 heavy (non-hydrogen) atoms. The van der Waals surface area contributed by atoms with Crippen molar-refractivity contribution in [2.75, 3.05) is 7.05 Å². The van der Waals surface area contributed by atoms with Gasteiger partial charge in [-0.2, -0.15) is 0 Å². The molecule has 2 aromatic heterocycles. The third-order valence-electron chi connectivity index (χ3n) is 3.72. The van der Waals surface area contributed by atoms with E-state index in [0.29, 0.717) is 29.1 Å². The molecule has 2 N–H and O–H groups in total. The monoisotopic (exact) mass is 516 g/mol. The van der Waals surface area contributed by atoms with Crippen molar-refractivity contribution in [1.82, 2.24) is 25.2 Å². The van der Waals surface area contributed by atoms with Crippen LogP contribution < -0.4 is 10.6 Å². The fraction of sp³-hybridized carbons (Fsp3) is 0.167. The Morgan fingerprint density at radius 1 is 1.15 bits per heavy atom. The average molecular weight is 517 g/mol. The van der Waals surface area contributed by atoms with E-state index in [1.54, 1.807) is 25.6 Å².